The van der Waals surface area contributed by atoms with Gasteiger partial charge in [-0.1, -0.05) is 6.07 Å². The van der Waals surface area contributed by atoms with Gasteiger partial charge >= 0.3 is 0 Å². The molecule has 0 saturated heterocycles. The number of anilines is 1. The molecular formula is C14H15IN4O3. The Kier molecular flexibility index (Phi) is 5.11. The highest BCUT2D eigenvalue weighted by molar-refractivity contribution is 14.1. The van der Waals surface area contributed by atoms with Gasteiger partial charge in [-0.3, -0.25) is 19.6 Å². The van der Waals surface area contributed by atoms with Gasteiger partial charge in [0.25, 0.3) is 5.69 Å². The maximum Gasteiger partial charge on any atom is 0.293 e. The fourth-order valence-corrected chi connectivity index (χ4v) is 2.37. The normalized spacial score (nSPS) is 10.5. The molecule has 2 rings (SSSR count). The smallest absolute Gasteiger partial charge is 0.293 e. The van der Waals surface area contributed by atoms with Crippen LogP contribution in [0.4, 0.5) is 11.4 Å². The number of aromatic nitrogens is 2. The fraction of sp³-hybridized carbons (Fsp3) is 0.286. The van der Waals surface area contributed by atoms with Crippen molar-refractivity contribution < 1.29 is 9.72 Å². The van der Waals surface area contributed by atoms with Gasteiger partial charge in [0.1, 0.15) is 5.69 Å². The Bertz CT molecular complexity index is 727. The molecule has 0 radical (unpaired) electrons. The number of hydrogen-bond acceptors (Lipinski definition) is 4. The number of nitro groups is 1. The largest absolute Gasteiger partial charge is 0.320 e. The minimum absolute atomic E-state index is 0.0989. The lowest BCUT2D eigenvalue weighted by Gasteiger charge is -2.08. The molecule has 0 aliphatic carbocycles. The quantitative estimate of drug-likeness (QED) is 0.463. The van der Waals surface area contributed by atoms with Crippen LogP contribution in [-0.2, 0) is 11.3 Å². The van der Waals surface area contributed by atoms with Gasteiger partial charge < -0.3 is 5.32 Å². The SMILES string of the molecule is Cc1ccc(NC(=O)CCn2ncc(I)c2C)c([N+](=O)[O-])c1. The van der Waals surface area contributed by atoms with Crippen LogP contribution in [0.3, 0.4) is 0 Å². The molecule has 0 spiro atoms. The number of carbonyl (C=O) groups excluding carboxylic acids is 1. The van der Waals surface area contributed by atoms with Crippen LogP contribution in [0.15, 0.2) is 24.4 Å². The molecule has 0 atom stereocenters. The highest BCUT2D eigenvalue weighted by Gasteiger charge is 2.16. The Balaban J connectivity index is 2.03. The van der Waals surface area contributed by atoms with Gasteiger partial charge in [-0.25, -0.2) is 0 Å². The molecule has 22 heavy (non-hydrogen) atoms. The molecule has 0 bridgehead atoms. The zero-order valence-corrected chi connectivity index (χ0v) is 14.3. The van der Waals surface area contributed by atoms with E-state index in [-0.39, 0.29) is 23.7 Å². The first-order chi connectivity index (χ1) is 10.4. The van der Waals surface area contributed by atoms with Crippen molar-refractivity contribution in [2.75, 3.05) is 5.32 Å². The molecule has 1 heterocycles. The van der Waals surface area contributed by atoms with Gasteiger partial charge in [0, 0.05) is 18.2 Å². The highest BCUT2D eigenvalue weighted by Crippen LogP contribution is 2.25. The number of nitro benzene ring substituents is 1. The van der Waals surface area contributed by atoms with Crippen LogP contribution in [0.1, 0.15) is 17.7 Å². The molecule has 0 unspecified atom stereocenters. The van der Waals surface area contributed by atoms with Crippen LogP contribution in [0.2, 0.25) is 0 Å². The Morgan fingerprint density at radius 3 is 2.77 bits per heavy atom. The number of carbonyl (C=O) groups is 1. The van der Waals surface area contributed by atoms with Crippen LogP contribution in [0.25, 0.3) is 0 Å². The van der Waals surface area contributed by atoms with E-state index >= 15 is 0 Å². The van der Waals surface area contributed by atoms with E-state index in [1.54, 1.807) is 29.9 Å². The third-order valence-corrected chi connectivity index (χ3v) is 4.28. The molecule has 2 aromatic rings. The van der Waals surface area contributed by atoms with Crippen molar-refractivity contribution in [2.45, 2.75) is 26.8 Å². The number of aryl methyl sites for hydroxylation is 2. The van der Waals surface area contributed by atoms with E-state index < -0.39 is 4.92 Å². The van der Waals surface area contributed by atoms with Crippen molar-refractivity contribution in [3.05, 3.63) is 49.3 Å². The number of nitrogens with one attached hydrogen (secondary N) is 1. The summed E-state index contributed by atoms with van der Waals surface area (Å²) in [6.45, 7) is 4.12. The first-order valence-electron chi connectivity index (χ1n) is 6.61. The molecule has 0 fully saturated rings. The number of rotatable bonds is 5. The number of nitrogens with zero attached hydrogens (tertiary/aromatic N) is 3. The lowest BCUT2D eigenvalue weighted by atomic mass is 10.2. The van der Waals surface area contributed by atoms with Crippen LogP contribution in [0.5, 0.6) is 0 Å². The summed E-state index contributed by atoms with van der Waals surface area (Å²) >= 11 is 2.18. The minimum atomic E-state index is -0.497. The maximum absolute atomic E-state index is 12.0. The Morgan fingerprint density at radius 1 is 1.45 bits per heavy atom. The van der Waals surface area contributed by atoms with Crippen molar-refractivity contribution >= 4 is 39.9 Å². The monoisotopic (exact) mass is 414 g/mol. The third kappa shape index (κ3) is 3.81. The fourth-order valence-electron chi connectivity index (χ4n) is 1.97. The van der Waals surface area contributed by atoms with E-state index in [0.29, 0.717) is 6.54 Å². The molecule has 0 saturated carbocycles. The summed E-state index contributed by atoms with van der Waals surface area (Å²) < 4.78 is 2.78. The van der Waals surface area contributed by atoms with Gasteiger partial charge in [-0.05, 0) is 48.1 Å². The van der Waals surface area contributed by atoms with E-state index in [1.165, 1.54) is 6.07 Å². The summed E-state index contributed by atoms with van der Waals surface area (Å²) in [5.74, 6) is -0.281. The summed E-state index contributed by atoms with van der Waals surface area (Å²) in [5.41, 5.74) is 1.88. The third-order valence-electron chi connectivity index (χ3n) is 3.22. The molecule has 1 aromatic carbocycles. The van der Waals surface area contributed by atoms with Gasteiger partial charge in [0.05, 0.1) is 21.2 Å². The van der Waals surface area contributed by atoms with Gasteiger partial charge in [0.15, 0.2) is 0 Å². The van der Waals surface area contributed by atoms with E-state index in [2.05, 4.69) is 33.0 Å². The minimum Gasteiger partial charge on any atom is -0.320 e. The summed E-state index contributed by atoms with van der Waals surface area (Å²) in [7, 11) is 0. The molecule has 116 valence electrons. The van der Waals surface area contributed by atoms with E-state index in [0.717, 1.165) is 14.8 Å². The van der Waals surface area contributed by atoms with Gasteiger partial charge in [-0.2, -0.15) is 5.10 Å². The van der Waals surface area contributed by atoms with Crippen molar-refractivity contribution in [3.8, 4) is 0 Å². The maximum atomic E-state index is 12.0. The van der Waals surface area contributed by atoms with E-state index in [4.69, 9.17) is 0 Å². The lowest BCUT2D eigenvalue weighted by molar-refractivity contribution is -0.384. The van der Waals surface area contributed by atoms with E-state index in [9.17, 15) is 14.9 Å². The standard InChI is InChI=1S/C14H15IN4O3/c1-9-3-4-12(13(7-9)19(21)22)17-14(20)5-6-18-10(2)11(15)8-16-18/h3-4,7-8H,5-6H2,1-2H3,(H,17,20). The molecule has 8 heteroatoms. The van der Waals surface area contributed by atoms with Crippen LogP contribution < -0.4 is 5.32 Å². The highest BCUT2D eigenvalue weighted by atomic mass is 127. The molecule has 1 N–H and O–H groups in total. The van der Waals surface area contributed by atoms with Crippen LogP contribution >= 0.6 is 22.6 Å². The summed E-state index contributed by atoms with van der Waals surface area (Å²) in [4.78, 5) is 22.5. The second-order valence-corrected chi connectivity index (χ2v) is 6.04. The van der Waals surface area contributed by atoms with Crippen LogP contribution in [0, 0.1) is 27.5 Å². The zero-order valence-electron chi connectivity index (χ0n) is 12.2. The molecule has 1 amide bonds. The number of benzene rings is 1. The predicted molar refractivity (Wildman–Crippen MR) is 90.8 cm³/mol. The summed E-state index contributed by atoms with van der Waals surface area (Å²) in [5, 5.41) is 17.8. The molecule has 0 aliphatic heterocycles. The zero-order chi connectivity index (χ0) is 16.3. The lowest BCUT2D eigenvalue weighted by Crippen LogP contribution is -2.16. The molecule has 7 nitrogen and oxygen atoms in total. The van der Waals surface area contributed by atoms with Crippen molar-refractivity contribution in [1.82, 2.24) is 9.78 Å². The number of amides is 1. The predicted octanol–water partition coefficient (Wildman–Crippen LogP) is 3.04. The van der Waals surface area contributed by atoms with Crippen molar-refractivity contribution in [1.29, 1.82) is 0 Å². The second kappa shape index (κ2) is 6.86. The van der Waals surface area contributed by atoms with Gasteiger partial charge in [0.2, 0.25) is 5.91 Å². The number of halogens is 1. The second-order valence-electron chi connectivity index (χ2n) is 4.88. The van der Waals surface area contributed by atoms with E-state index in [1.807, 2.05) is 6.92 Å². The molecule has 1 aromatic heterocycles. The van der Waals surface area contributed by atoms with Crippen molar-refractivity contribution in [2.24, 2.45) is 0 Å². The summed E-state index contributed by atoms with van der Waals surface area (Å²) in [6, 6.07) is 4.71. The van der Waals surface area contributed by atoms with Crippen molar-refractivity contribution in [3.63, 3.8) is 0 Å². The average Bonchev–Trinajstić information content (AvgIpc) is 2.78. The first kappa shape index (κ1) is 16.4. The number of hydrogen-bond donors (Lipinski definition) is 1. The average molecular weight is 414 g/mol. The Hall–Kier alpha value is -1.97. The Labute approximate surface area is 141 Å². The first-order valence-corrected chi connectivity index (χ1v) is 7.69. The van der Waals surface area contributed by atoms with Gasteiger partial charge in [-0.15, -0.1) is 0 Å². The molecule has 0 aliphatic rings. The molecular weight excluding hydrogens is 399 g/mol. The topological polar surface area (TPSA) is 90.1 Å². The summed E-state index contributed by atoms with van der Waals surface area (Å²) in [6.07, 6.45) is 1.93. The Morgan fingerprint density at radius 2 is 2.18 bits per heavy atom. The van der Waals surface area contributed by atoms with Crippen LogP contribution in [-0.4, -0.2) is 20.6 Å².